The van der Waals surface area contributed by atoms with Crippen molar-refractivity contribution in [1.82, 2.24) is 14.8 Å². The molecule has 7 heteroatoms. The Morgan fingerprint density at radius 2 is 1.72 bits per heavy atom. The topological polar surface area (TPSA) is 61.2 Å². The number of ether oxygens (including phenoxy) is 2. The average molecular weight is 443 g/mol. The predicted molar refractivity (Wildman–Crippen MR) is 123 cm³/mol. The van der Waals surface area contributed by atoms with Crippen LogP contribution < -0.4 is 14.8 Å². The number of aromatic nitrogens is 3. The van der Waals surface area contributed by atoms with Crippen molar-refractivity contribution in [3.05, 3.63) is 106 Å². The van der Waals surface area contributed by atoms with Crippen LogP contribution in [0.15, 0.2) is 84.7 Å². The van der Waals surface area contributed by atoms with Crippen LogP contribution in [0.5, 0.6) is 11.5 Å². The van der Waals surface area contributed by atoms with Crippen molar-refractivity contribution in [2.75, 3.05) is 12.4 Å². The largest absolute Gasteiger partial charge is 0.497 e. The van der Waals surface area contributed by atoms with Crippen molar-refractivity contribution in [2.45, 2.75) is 12.1 Å². The van der Waals surface area contributed by atoms with Crippen LogP contribution in [-0.4, -0.2) is 21.9 Å². The molecular weight excluding hydrogens is 424 g/mol. The Labute approximate surface area is 190 Å². The quantitative estimate of drug-likeness (QED) is 0.454. The van der Waals surface area contributed by atoms with Crippen LogP contribution in [0.4, 0.5) is 5.95 Å². The number of methoxy groups -OCH3 is 1. The summed E-state index contributed by atoms with van der Waals surface area (Å²) in [5, 5.41) is 8.74. The summed E-state index contributed by atoms with van der Waals surface area (Å²) in [6.07, 6.45) is 1.25. The van der Waals surface area contributed by atoms with E-state index in [1.165, 1.54) is 0 Å². The summed E-state index contributed by atoms with van der Waals surface area (Å²) in [6.45, 7) is 0. The molecule has 6 nitrogen and oxygen atoms in total. The minimum atomic E-state index is -0.325. The normalized spacial score (nSPS) is 18.7. The summed E-state index contributed by atoms with van der Waals surface area (Å²) in [5.41, 5.74) is 5.14. The second-order valence-corrected chi connectivity index (χ2v) is 8.14. The minimum absolute atomic E-state index is 0.205. The van der Waals surface area contributed by atoms with E-state index in [1.54, 1.807) is 13.4 Å². The molecule has 0 unspecified atom stereocenters. The molecule has 1 aromatic heterocycles. The number of nitrogens with one attached hydrogen (secondary N) is 1. The first-order valence-electron chi connectivity index (χ1n) is 10.3. The van der Waals surface area contributed by atoms with Crippen molar-refractivity contribution in [2.24, 2.45) is 0 Å². The Bertz CT molecular complexity index is 1330. The summed E-state index contributed by atoms with van der Waals surface area (Å²) >= 11 is 6.18. The number of hydrogen-bond donors (Lipinski definition) is 1. The number of anilines is 1. The maximum atomic E-state index is 6.59. The van der Waals surface area contributed by atoms with Crippen molar-refractivity contribution in [3.63, 3.8) is 0 Å². The molecule has 0 bridgehead atoms. The molecule has 3 aromatic carbocycles. The molecule has 4 aromatic rings. The van der Waals surface area contributed by atoms with E-state index in [1.807, 2.05) is 59.3 Å². The molecule has 2 aliphatic heterocycles. The highest BCUT2D eigenvalue weighted by Crippen LogP contribution is 2.50. The lowest BCUT2D eigenvalue weighted by atomic mass is 9.84. The molecule has 0 saturated carbocycles. The standard InChI is InChI=1S/C25H19ClN4O2/c1-31-18-12-8-15(9-13-18)23-21-22(29-25-27-14-28-30(23)25)19-4-2-3-5-20(19)32-24(21)16-6-10-17(26)11-7-16/h2-14,23-24H,1H3,(H,27,28,29)/t23-,24-/m0/s1. The van der Waals surface area contributed by atoms with Crippen molar-refractivity contribution in [1.29, 1.82) is 0 Å². The molecule has 0 aliphatic carbocycles. The van der Waals surface area contributed by atoms with E-state index in [0.29, 0.717) is 11.0 Å². The van der Waals surface area contributed by atoms with Gasteiger partial charge in [-0.3, -0.25) is 0 Å². The molecule has 32 heavy (non-hydrogen) atoms. The fourth-order valence-electron chi connectivity index (χ4n) is 4.44. The molecule has 0 fully saturated rings. The molecule has 2 atom stereocenters. The highest BCUT2D eigenvalue weighted by atomic mass is 35.5. The van der Waals surface area contributed by atoms with E-state index < -0.39 is 0 Å². The second kappa shape index (κ2) is 7.43. The zero-order chi connectivity index (χ0) is 21.7. The summed E-state index contributed by atoms with van der Waals surface area (Å²) in [5.74, 6) is 2.31. The first-order chi connectivity index (χ1) is 15.7. The third kappa shape index (κ3) is 2.95. The fourth-order valence-corrected chi connectivity index (χ4v) is 4.56. The van der Waals surface area contributed by atoms with Crippen LogP contribution in [0.1, 0.15) is 28.8 Å². The monoisotopic (exact) mass is 442 g/mol. The number of fused-ring (bicyclic) bond motifs is 3. The molecule has 0 amide bonds. The van der Waals surface area contributed by atoms with Gasteiger partial charge in [0.1, 0.15) is 30.0 Å². The Morgan fingerprint density at radius 3 is 2.50 bits per heavy atom. The lowest BCUT2D eigenvalue weighted by molar-refractivity contribution is 0.223. The van der Waals surface area contributed by atoms with Crippen LogP contribution >= 0.6 is 11.6 Å². The van der Waals surface area contributed by atoms with E-state index in [9.17, 15) is 0 Å². The SMILES string of the molecule is COc1ccc([C@H]2C3=C(Nc4ncnn42)c2ccccc2O[C@H]3c2ccc(Cl)cc2)cc1. The first-order valence-corrected chi connectivity index (χ1v) is 10.7. The maximum Gasteiger partial charge on any atom is 0.226 e. The smallest absolute Gasteiger partial charge is 0.226 e. The molecular formula is C25H19ClN4O2. The van der Waals surface area contributed by atoms with Crippen LogP contribution in [0, 0.1) is 0 Å². The van der Waals surface area contributed by atoms with Gasteiger partial charge in [-0.05, 0) is 47.5 Å². The van der Waals surface area contributed by atoms with Gasteiger partial charge in [0, 0.05) is 16.2 Å². The molecule has 6 rings (SSSR count). The number of hydrogen-bond acceptors (Lipinski definition) is 5. The molecule has 1 N–H and O–H groups in total. The van der Waals surface area contributed by atoms with Gasteiger partial charge >= 0.3 is 0 Å². The highest BCUT2D eigenvalue weighted by molar-refractivity contribution is 6.30. The zero-order valence-electron chi connectivity index (χ0n) is 17.2. The number of rotatable bonds is 3. The third-order valence-electron chi connectivity index (χ3n) is 5.93. The van der Waals surface area contributed by atoms with Gasteiger partial charge in [-0.1, -0.05) is 48.0 Å². The third-order valence-corrected chi connectivity index (χ3v) is 6.18. The number of benzene rings is 3. The van der Waals surface area contributed by atoms with Gasteiger partial charge in [-0.25, -0.2) is 4.68 Å². The maximum absolute atomic E-state index is 6.59. The first kappa shape index (κ1) is 19.0. The molecule has 0 spiro atoms. The van der Waals surface area contributed by atoms with E-state index >= 15 is 0 Å². The zero-order valence-corrected chi connectivity index (χ0v) is 18.0. The van der Waals surface area contributed by atoms with Crippen LogP contribution in [0.25, 0.3) is 5.70 Å². The van der Waals surface area contributed by atoms with Gasteiger partial charge in [0.05, 0.1) is 12.8 Å². The molecule has 2 aliphatic rings. The van der Waals surface area contributed by atoms with Crippen LogP contribution in [0.2, 0.25) is 5.02 Å². The molecule has 3 heterocycles. The lowest BCUT2D eigenvalue weighted by Crippen LogP contribution is -2.32. The summed E-state index contributed by atoms with van der Waals surface area (Å²) < 4.78 is 13.9. The Balaban J connectivity index is 1.60. The Morgan fingerprint density at radius 1 is 0.969 bits per heavy atom. The van der Waals surface area contributed by atoms with Crippen LogP contribution in [0.3, 0.4) is 0 Å². The minimum Gasteiger partial charge on any atom is -0.497 e. The number of para-hydroxylation sites is 1. The Hall–Kier alpha value is -3.77. The van der Waals surface area contributed by atoms with E-state index in [4.69, 9.17) is 21.1 Å². The van der Waals surface area contributed by atoms with Gasteiger partial charge in [0.15, 0.2) is 0 Å². The predicted octanol–water partition coefficient (Wildman–Crippen LogP) is 5.50. The van der Waals surface area contributed by atoms with E-state index in [2.05, 4.69) is 33.6 Å². The van der Waals surface area contributed by atoms with E-state index in [-0.39, 0.29) is 12.1 Å². The van der Waals surface area contributed by atoms with Gasteiger partial charge in [0.2, 0.25) is 5.95 Å². The number of halogens is 1. The average Bonchev–Trinajstić information content (AvgIpc) is 3.31. The summed E-state index contributed by atoms with van der Waals surface area (Å²) in [6, 6.07) is 23.7. The second-order valence-electron chi connectivity index (χ2n) is 7.70. The molecule has 158 valence electrons. The van der Waals surface area contributed by atoms with Gasteiger partial charge < -0.3 is 14.8 Å². The van der Waals surface area contributed by atoms with Crippen molar-refractivity contribution in [3.8, 4) is 11.5 Å². The van der Waals surface area contributed by atoms with Crippen molar-refractivity contribution < 1.29 is 9.47 Å². The van der Waals surface area contributed by atoms with Gasteiger partial charge in [0.25, 0.3) is 0 Å². The number of nitrogens with zero attached hydrogens (tertiary/aromatic N) is 3. The van der Waals surface area contributed by atoms with E-state index in [0.717, 1.165) is 39.5 Å². The van der Waals surface area contributed by atoms with Crippen molar-refractivity contribution >= 4 is 23.2 Å². The molecule has 0 saturated heterocycles. The van der Waals surface area contributed by atoms with Crippen LogP contribution in [-0.2, 0) is 0 Å². The van der Waals surface area contributed by atoms with Gasteiger partial charge in [-0.15, -0.1) is 0 Å². The summed E-state index contributed by atoms with van der Waals surface area (Å²) in [4.78, 5) is 4.46. The molecule has 0 radical (unpaired) electrons. The lowest BCUT2D eigenvalue weighted by Gasteiger charge is -2.39. The van der Waals surface area contributed by atoms with Gasteiger partial charge in [-0.2, -0.15) is 10.1 Å². The fraction of sp³-hybridized carbons (Fsp3) is 0.120. The Kier molecular flexibility index (Phi) is 4.40. The summed E-state index contributed by atoms with van der Waals surface area (Å²) in [7, 11) is 1.66. The highest BCUT2D eigenvalue weighted by Gasteiger charge is 2.40.